The van der Waals surface area contributed by atoms with Crippen LogP contribution in [0.3, 0.4) is 0 Å². The Morgan fingerprint density at radius 1 is 1.14 bits per heavy atom. The summed E-state index contributed by atoms with van der Waals surface area (Å²) in [5.41, 5.74) is 3.61. The number of hydrogen-bond donors (Lipinski definition) is 1. The lowest BCUT2D eigenvalue weighted by atomic mass is 10.2. The molecule has 8 nitrogen and oxygen atoms in total. The van der Waals surface area contributed by atoms with Crippen molar-refractivity contribution in [3.63, 3.8) is 0 Å². The van der Waals surface area contributed by atoms with E-state index in [9.17, 15) is 10.1 Å². The average Bonchev–Trinajstić information content (AvgIpc) is 3.29. The van der Waals surface area contributed by atoms with Crippen LogP contribution in [0.1, 0.15) is 11.1 Å². The number of halogens is 1. The van der Waals surface area contributed by atoms with Crippen molar-refractivity contribution in [1.29, 1.82) is 5.26 Å². The molecule has 5 rings (SSSR count). The molecule has 0 saturated heterocycles. The van der Waals surface area contributed by atoms with Crippen molar-refractivity contribution in [3.05, 3.63) is 81.6 Å². The van der Waals surface area contributed by atoms with Crippen LogP contribution < -0.4 is 5.69 Å². The highest BCUT2D eigenvalue weighted by Gasteiger charge is 2.13. The highest BCUT2D eigenvalue weighted by atomic mass is 35.5. The zero-order valence-corrected chi connectivity index (χ0v) is 15.6. The van der Waals surface area contributed by atoms with Crippen LogP contribution in [0.2, 0.25) is 5.02 Å². The van der Waals surface area contributed by atoms with E-state index >= 15 is 0 Å². The molecule has 0 aliphatic heterocycles. The highest BCUT2D eigenvalue weighted by Crippen LogP contribution is 2.19. The fourth-order valence-corrected chi connectivity index (χ4v) is 3.33. The quantitative estimate of drug-likeness (QED) is 0.500. The molecule has 0 aliphatic rings. The van der Waals surface area contributed by atoms with Gasteiger partial charge in [0.25, 0.3) is 0 Å². The molecule has 0 bridgehead atoms. The lowest BCUT2D eigenvalue weighted by molar-refractivity contribution is 0.774. The first-order valence-electron chi connectivity index (χ1n) is 8.70. The van der Waals surface area contributed by atoms with E-state index in [4.69, 9.17) is 11.6 Å². The minimum Gasteiger partial charge on any atom is -0.303 e. The van der Waals surface area contributed by atoms with Crippen LogP contribution in [0.5, 0.6) is 0 Å². The van der Waals surface area contributed by atoms with Crippen LogP contribution in [0, 0.1) is 11.3 Å². The maximum absolute atomic E-state index is 12.5. The molecule has 9 heteroatoms. The fraction of sp³-hybridized carbons (Fsp3) is 0.0500. The first-order valence-corrected chi connectivity index (χ1v) is 9.08. The molecule has 0 aliphatic carbocycles. The fourth-order valence-electron chi connectivity index (χ4n) is 3.21. The Morgan fingerprint density at radius 2 is 1.97 bits per heavy atom. The molecular formula is C20H12ClN7O. The standard InChI is InChI=1S/C20H12ClN7O/c21-14-4-1-12(2-5-14)10-27-18-16(25-20(27)29)9-23-19(26-18)28-11-24-15-6-3-13(8-22)7-17(15)28/h1-7,9,11H,10H2,(H,25,29). The molecule has 5 aromatic rings. The first-order chi connectivity index (χ1) is 14.1. The van der Waals surface area contributed by atoms with Gasteiger partial charge in [-0.2, -0.15) is 10.2 Å². The second-order valence-corrected chi connectivity index (χ2v) is 6.92. The molecule has 0 atom stereocenters. The average molecular weight is 402 g/mol. The summed E-state index contributed by atoms with van der Waals surface area (Å²) in [6.45, 7) is 0.343. The van der Waals surface area contributed by atoms with Gasteiger partial charge < -0.3 is 4.98 Å². The van der Waals surface area contributed by atoms with Crippen LogP contribution in [-0.4, -0.2) is 29.1 Å². The van der Waals surface area contributed by atoms with Gasteiger partial charge in [0.2, 0.25) is 5.95 Å². The molecule has 2 aromatic carbocycles. The minimum absolute atomic E-state index is 0.274. The van der Waals surface area contributed by atoms with E-state index in [0.717, 1.165) is 11.1 Å². The second kappa shape index (κ2) is 6.58. The summed E-state index contributed by atoms with van der Waals surface area (Å²) in [5.74, 6) is 0.360. The number of nitrogens with one attached hydrogen (secondary N) is 1. The summed E-state index contributed by atoms with van der Waals surface area (Å²) >= 11 is 5.94. The summed E-state index contributed by atoms with van der Waals surface area (Å²) in [6, 6.07) is 14.6. The first kappa shape index (κ1) is 17.2. The van der Waals surface area contributed by atoms with Crippen molar-refractivity contribution >= 4 is 33.8 Å². The number of benzene rings is 2. The Bertz CT molecular complexity index is 1470. The molecule has 3 heterocycles. The van der Waals surface area contributed by atoms with Gasteiger partial charge in [0.1, 0.15) is 11.8 Å². The molecule has 3 aromatic heterocycles. The number of aromatic amines is 1. The normalized spacial score (nSPS) is 11.2. The number of H-pyrrole nitrogens is 1. The number of imidazole rings is 2. The lowest BCUT2D eigenvalue weighted by Crippen LogP contribution is -2.18. The summed E-state index contributed by atoms with van der Waals surface area (Å²) in [6.07, 6.45) is 3.17. The summed E-state index contributed by atoms with van der Waals surface area (Å²) in [7, 11) is 0. The third-order valence-electron chi connectivity index (χ3n) is 4.64. The molecule has 0 radical (unpaired) electrons. The summed E-state index contributed by atoms with van der Waals surface area (Å²) < 4.78 is 3.24. The van der Waals surface area contributed by atoms with Gasteiger partial charge in [0.05, 0.1) is 35.4 Å². The van der Waals surface area contributed by atoms with Gasteiger partial charge in [-0.1, -0.05) is 23.7 Å². The number of nitriles is 1. The Morgan fingerprint density at radius 3 is 2.76 bits per heavy atom. The topological polar surface area (TPSA) is 105 Å². The smallest absolute Gasteiger partial charge is 0.303 e. The third-order valence-corrected chi connectivity index (χ3v) is 4.90. The van der Waals surface area contributed by atoms with Gasteiger partial charge in [-0.15, -0.1) is 0 Å². The van der Waals surface area contributed by atoms with Gasteiger partial charge in [-0.05, 0) is 35.9 Å². The predicted molar refractivity (Wildman–Crippen MR) is 108 cm³/mol. The van der Waals surface area contributed by atoms with Crippen LogP contribution >= 0.6 is 11.6 Å². The number of fused-ring (bicyclic) bond motifs is 2. The molecule has 140 valence electrons. The Hall–Kier alpha value is -3.96. The van der Waals surface area contributed by atoms with Gasteiger partial charge in [0, 0.05) is 5.02 Å². The Balaban J connectivity index is 1.65. The van der Waals surface area contributed by atoms with Crippen LogP contribution in [0.25, 0.3) is 28.1 Å². The predicted octanol–water partition coefficient (Wildman–Crippen LogP) is 3.03. The zero-order chi connectivity index (χ0) is 20.0. The van der Waals surface area contributed by atoms with Gasteiger partial charge in [0.15, 0.2) is 5.65 Å². The molecule has 0 fully saturated rings. The Kier molecular flexibility index (Phi) is 3.89. The van der Waals surface area contributed by atoms with E-state index in [2.05, 4.69) is 26.0 Å². The van der Waals surface area contributed by atoms with E-state index in [1.807, 2.05) is 12.1 Å². The van der Waals surface area contributed by atoms with E-state index in [0.29, 0.717) is 39.8 Å². The molecule has 0 amide bonds. The molecule has 0 unspecified atom stereocenters. The van der Waals surface area contributed by atoms with E-state index in [-0.39, 0.29) is 5.69 Å². The summed E-state index contributed by atoms with van der Waals surface area (Å²) in [4.78, 5) is 28.5. The van der Waals surface area contributed by atoms with Crippen molar-refractivity contribution in [2.24, 2.45) is 0 Å². The second-order valence-electron chi connectivity index (χ2n) is 6.48. The van der Waals surface area contributed by atoms with Crippen molar-refractivity contribution in [1.82, 2.24) is 29.1 Å². The van der Waals surface area contributed by atoms with Crippen molar-refractivity contribution in [3.8, 4) is 12.0 Å². The molecular weight excluding hydrogens is 390 g/mol. The van der Waals surface area contributed by atoms with E-state index < -0.39 is 0 Å². The van der Waals surface area contributed by atoms with Gasteiger partial charge in [-0.25, -0.2) is 14.8 Å². The number of rotatable bonds is 3. The maximum Gasteiger partial charge on any atom is 0.328 e. The van der Waals surface area contributed by atoms with Crippen molar-refractivity contribution in [2.75, 3.05) is 0 Å². The number of nitrogens with zero attached hydrogens (tertiary/aromatic N) is 6. The highest BCUT2D eigenvalue weighted by molar-refractivity contribution is 6.30. The minimum atomic E-state index is -0.274. The van der Waals surface area contributed by atoms with Crippen LogP contribution in [-0.2, 0) is 6.54 Å². The lowest BCUT2D eigenvalue weighted by Gasteiger charge is -2.06. The largest absolute Gasteiger partial charge is 0.328 e. The van der Waals surface area contributed by atoms with E-state index in [1.165, 1.54) is 0 Å². The Labute approximate surface area is 168 Å². The SMILES string of the molecule is N#Cc1ccc2ncn(-c3ncc4[nH]c(=O)n(Cc5ccc(Cl)cc5)c4n3)c2c1. The number of aromatic nitrogens is 6. The molecule has 1 N–H and O–H groups in total. The number of hydrogen-bond acceptors (Lipinski definition) is 5. The van der Waals surface area contributed by atoms with Crippen molar-refractivity contribution in [2.45, 2.75) is 6.54 Å². The molecule has 29 heavy (non-hydrogen) atoms. The molecule has 0 saturated carbocycles. The van der Waals surface area contributed by atoms with Crippen molar-refractivity contribution < 1.29 is 0 Å². The van der Waals surface area contributed by atoms with Crippen LogP contribution in [0.15, 0.2) is 59.8 Å². The monoisotopic (exact) mass is 401 g/mol. The molecule has 0 spiro atoms. The van der Waals surface area contributed by atoms with Gasteiger partial charge >= 0.3 is 5.69 Å². The van der Waals surface area contributed by atoms with Crippen LogP contribution in [0.4, 0.5) is 0 Å². The maximum atomic E-state index is 12.5. The van der Waals surface area contributed by atoms with Gasteiger partial charge in [-0.3, -0.25) is 9.13 Å². The van der Waals surface area contributed by atoms with E-state index in [1.54, 1.807) is 52.0 Å². The zero-order valence-electron chi connectivity index (χ0n) is 14.9. The third kappa shape index (κ3) is 2.94. The summed E-state index contributed by atoms with van der Waals surface area (Å²) in [5, 5.41) is 9.81.